The van der Waals surface area contributed by atoms with Crippen molar-refractivity contribution in [1.82, 2.24) is 5.32 Å². The predicted molar refractivity (Wildman–Crippen MR) is 229 cm³/mol. The number of ketones is 1. The fraction of sp³-hybridized carbons (Fsp3) is 0.729. The number of nitrogens with one attached hydrogen (secondary N) is 1. The third kappa shape index (κ3) is 9.05. The van der Waals surface area contributed by atoms with Gasteiger partial charge in [0.05, 0.1) is 30.3 Å². The lowest BCUT2D eigenvalue weighted by Crippen LogP contribution is -2.77. The fourth-order valence-electron chi connectivity index (χ4n) is 11.5. The zero-order valence-corrected chi connectivity index (χ0v) is 39.4. The number of amides is 1. The van der Waals surface area contributed by atoms with Gasteiger partial charge in [0, 0.05) is 58.2 Å². The standard InChI is InChI=1S/C48H67NO16/c1-27-31(22-46(55)23-32-45(8,39(51)37(57-10)35(27)44(46,6)7)33(56-9)21-34-48(32,26-59-34)63-28(2)50)61-40(52)38(36(29-17-13-11-14-18-29)49-41(53)65-43(3,4)5)62-42(54)58-24-30-25-60-47(64-30)19-15-12-16-20-47/h11,13-14,17-18,30-34,36-38,55H,12,15-16,19-26H2,1-10H3,(H,49,53)/t30-,31+,32+,33+,34-,36+,37-,38-,45+,46-,48-/m1/s1. The molecule has 7 rings (SSSR count). The summed E-state index contributed by atoms with van der Waals surface area (Å²) in [6, 6.07) is 7.03. The van der Waals surface area contributed by atoms with E-state index in [1.165, 1.54) is 21.1 Å². The van der Waals surface area contributed by atoms with Crippen molar-refractivity contribution in [3.8, 4) is 0 Å². The van der Waals surface area contributed by atoms with Crippen LogP contribution in [-0.2, 0) is 61.8 Å². The number of hydrogen-bond acceptors (Lipinski definition) is 16. The highest BCUT2D eigenvalue weighted by Gasteiger charge is 2.74. The maximum absolute atomic E-state index is 15.3. The van der Waals surface area contributed by atoms with E-state index in [-0.39, 0.29) is 44.9 Å². The normalized spacial score (nSPS) is 34.6. The summed E-state index contributed by atoms with van der Waals surface area (Å²) in [6.07, 6.45) is -3.97. The lowest BCUT2D eigenvalue weighted by atomic mass is 9.46. The van der Waals surface area contributed by atoms with Crippen LogP contribution in [0.3, 0.4) is 0 Å². The summed E-state index contributed by atoms with van der Waals surface area (Å²) in [5, 5.41) is 16.0. The lowest BCUT2D eigenvalue weighted by Gasteiger charge is -2.66. The molecule has 1 aromatic rings. The van der Waals surface area contributed by atoms with Crippen LogP contribution in [0, 0.1) is 16.7 Å². The van der Waals surface area contributed by atoms with Gasteiger partial charge >= 0.3 is 24.2 Å². The number of carbonyl (C=O) groups excluding carboxylic acids is 5. The molecule has 6 aliphatic rings. The molecule has 2 N–H and O–H groups in total. The second-order valence-corrected chi connectivity index (χ2v) is 20.4. The van der Waals surface area contributed by atoms with Crippen molar-refractivity contribution in [2.24, 2.45) is 16.7 Å². The van der Waals surface area contributed by atoms with Gasteiger partial charge in [-0.05, 0) is 70.6 Å². The zero-order chi connectivity index (χ0) is 47.3. The third-order valence-electron chi connectivity index (χ3n) is 14.9. The molecule has 5 fully saturated rings. The van der Waals surface area contributed by atoms with Crippen LogP contribution in [0.15, 0.2) is 41.5 Å². The first kappa shape index (κ1) is 48.8. The van der Waals surface area contributed by atoms with Gasteiger partial charge in [0.2, 0.25) is 6.10 Å². The van der Waals surface area contributed by atoms with Crippen LogP contribution in [0.2, 0.25) is 0 Å². The Bertz CT molecular complexity index is 2010. The largest absolute Gasteiger partial charge is 0.509 e. The van der Waals surface area contributed by atoms with E-state index in [9.17, 15) is 24.3 Å². The van der Waals surface area contributed by atoms with E-state index in [0.717, 1.165) is 32.1 Å². The Balaban J connectivity index is 1.24. The van der Waals surface area contributed by atoms with Crippen LogP contribution in [0.5, 0.6) is 0 Å². The minimum Gasteiger partial charge on any atom is -0.455 e. The first-order chi connectivity index (χ1) is 30.5. The Morgan fingerprint density at radius 3 is 2.28 bits per heavy atom. The highest BCUT2D eigenvalue weighted by Crippen LogP contribution is 2.64. The maximum Gasteiger partial charge on any atom is 0.509 e. The molecule has 1 amide bonds. The summed E-state index contributed by atoms with van der Waals surface area (Å²) in [7, 11) is 2.91. The monoisotopic (exact) mass is 913 g/mol. The molecule has 1 spiro atoms. The van der Waals surface area contributed by atoms with Crippen molar-refractivity contribution in [2.45, 2.75) is 172 Å². The SMILES string of the molecule is CO[C@H]1C(=O)[C@]2(C)[C@@H](OC)C[C@H]3OC[C@@]3(OC(C)=O)[C@H]2C[C@]2(O)C[C@H](OC(=O)[C@H](OC(=O)OC[C@@H]3COC4(CCCCC4)O3)[C@@H](NC(=O)OC(C)(C)C)c3ccccc3)C(C)=C1C2(C)C. The van der Waals surface area contributed by atoms with Gasteiger partial charge in [0.1, 0.15) is 42.7 Å². The number of methoxy groups -OCH3 is 2. The molecule has 0 unspecified atom stereocenters. The van der Waals surface area contributed by atoms with Crippen molar-refractivity contribution in [3.05, 3.63) is 47.0 Å². The average Bonchev–Trinajstić information content (AvgIpc) is 3.63. The Kier molecular flexibility index (Phi) is 13.6. The minimum absolute atomic E-state index is 0.00305. The van der Waals surface area contributed by atoms with Gasteiger partial charge in [0.15, 0.2) is 17.2 Å². The topological polar surface area (TPSA) is 210 Å². The molecule has 3 saturated carbocycles. The van der Waals surface area contributed by atoms with Gasteiger partial charge in [0.25, 0.3) is 0 Å². The van der Waals surface area contributed by atoms with Gasteiger partial charge in [-0.25, -0.2) is 14.4 Å². The van der Waals surface area contributed by atoms with Gasteiger partial charge in [-0.3, -0.25) is 9.59 Å². The van der Waals surface area contributed by atoms with Crippen LogP contribution in [0.1, 0.15) is 118 Å². The van der Waals surface area contributed by atoms with Crippen molar-refractivity contribution in [3.63, 3.8) is 0 Å². The number of fused-ring (bicyclic) bond motifs is 5. The summed E-state index contributed by atoms with van der Waals surface area (Å²) in [5.41, 5.74) is -5.28. The molecule has 2 bridgehead atoms. The molecule has 17 heteroatoms. The number of benzene rings is 1. The lowest BCUT2D eigenvalue weighted by molar-refractivity contribution is -0.329. The van der Waals surface area contributed by atoms with Crippen molar-refractivity contribution < 1.29 is 76.4 Å². The summed E-state index contributed by atoms with van der Waals surface area (Å²) in [6.45, 7) is 13.4. The molecule has 2 heterocycles. The van der Waals surface area contributed by atoms with E-state index in [1.54, 1.807) is 65.0 Å². The van der Waals surface area contributed by atoms with Crippen molar-refractivity contribution >= 4 is 30.0 Å². The molecule has 2 saturated heterocycles. The van der Waals surface area contributed by atoms with E-state index in [2.05, 4.69) is 5.32 Å². The zero-order valence-electron chi connectivity index (χ0n) is 39.4. The molecular formula is C48H67NO16. The number of hydrogen-bond donors (Lipinski definition) is 2. The number of carbonyl (C=O) groups is 5. The smallest absolute Gasteiger partial charge is 0.455 e. The van der Waals surface area contributed by atoms with Crippen LogP contribution in [0.25, 0.3) is 0 Å². The number of alkyl carbamates (subject to hydrolysis) is 1. The fourth-order valence-corrected chi connectivity index (χ4v) is 11.5. The van der Waals surface area contributed by atoms with Crippen LogP contribution in [-0.4, -0.2) is 128 Å². The summed E-state index contributed by atoms with van der Waals surface area (Å²) in [4.78, 5) is 70.2. The molecule has 1 aromatic carbocycles. The molecule has 65 heavy (non-hydrogen) atoms. The van der Waals surface area contributed by atoms with Gasteiger partial charge in [-0.2, -0.15) is 0 Å². The number of esters is 2. The minimum atomic E-state index is -1.88. The van der Waals surface area contributed by atoms with Crippen LogP contribution < -0.4 is 5.32 Å². The molecule has 0 radical (unpaired) electrons. The summed E-state index contributed by atoms with van der Waals surface area (Å²) >= 11 is 0. The molecule has 2 aliphatic heterocycles. The second kappa shape index (κ2) is 18.2. The molecule has 11 atom stereocenters. The van der Waals surface area contributed by atoms with Gasteiger partial charge in [-0.15, -0.1) is 0 Å². The summed E-state index contributed by atoms with van der Waals surface area (Å²) < 4.78 is 59.8. The molecule has 17 nitrogen and oxygen atoms in total. The number of aliphatic hydroxyl groups is 1. The average molecular weight is 914 g/mol. The molecule has 4 aliphatic carbocycles. The predicted octanol–water partition coefficient (Wildman–Crippen LogP) is 5.97. The van der Waals surface area contributed by atoms with Crippen molar-refractivity contribution in [2.75, 3.05) is 34.0 Å². The maximum atomic E-state index is 15.3. The second-order valence-electron chi connectivity index (χ2n) is 20.4. The van der Waals surface area contributed by atoms with E-state index in [0.29, 0.717) is 16.7 Å². The van der Waals surface area contributed by atoms with E-state index < -0.39 is 106 Å². The third-order valence-corrected chi connectivity index (χ3v) is 14.9. The summed E-state index contributed by atoms with van der Waals surface area (Å²) in [5.74, 6) is -3.58. The van der Waals surface area contributed by atoms with Gasteiger partial charge in [-0.1, -0.05) is 50.6 Å². The number of ether oxygens (including phenoxy) is 10. The number of Topliss-reactive ketones (excluding diaryl/α,β-unsaturated/α-hetero) is 1. The Hall–Kier alpha value is -4.13. The van der Waals surface area contributed by atoms with Crippen LogP contribution >= 0.6 is 0 Å². The van der Waals surface area contributed by atoms with Crippen LogP contribution in [0.4, 0.5) is 9.59 Å². The van der Waals surface area contributed by atoms with Crippen molar-refractivity contribution in [1.29, 1.82) is 0 Å². The first-order valence-corrected chi connectivity index (χ1v) is 22.8. The molecule has 360 valence electrons. The van der Waals surface area contributed by atoms with Gasteiger partial charge < -0.3 is 57.8 Å². The molecular weight excluding hydrogens is 847 g/mol. The quantitative estimate of drug-likeness (QED) is 0.149. The highest BCUT2D eigenvalue weighted by atomic mass is 16.8. The highest BCUT2D eigenvalue weighted by molar-refractivity contribution is 5.93. The first-order valence-electron chi connectivity index (χ1n) is 22.8. The number of rotatable bonds is 11. The van der Waals surface area contributed by atoms with E-state index in [1.807, 2.05) is 13.8 Å². The Morgan fingerprint density at radius 2 is 1.68 bits per heavy atom. The Morgan fingerprint density at radius 1 is 0.985 bits per heavy atom. The van der Waals surface area contributed by atoms with E-state index in [4.69, 9.17) is 47.4 Å². The van der Waals surface area contributed by atoms with E-state index >= 15 is 4.79 Å². The molecule has 0 aromatic heterocycles. The Labute approximate surface area is 380 Å².